The predicted octanol–water partition coefficient (Wildman–Crippen LogP) is 0.735. The fraction of sp³-hybridized carbons (Fsp3) is 0.429. The molecule has 5 nitrogen and oxygen atoms in total. The SMILES string of the molecule is CN(CCC(N)=S)C(=O)COc1ccc(CCO)cc1. The van der Waals surface area contributed by atoms with E-state index in [0.29, 0.717) is 30.1 Å². The van der Waals surface area contributed by atoms with Crippen LogP contribution in [-0.4, -0.2) is 47.7 Å². The van der Waals surface area contributed by atoms with Crippen molar-refractivity contribution in [1.82, 2.24) is 4.90 Å². The molecule has 0 aliphatic heterocycles. The maximum absolute atomic E-state index is 11.8. The number of thiocarbonyl (C=S) groups is 1. The quantitative estimate of drug-likeness (QED) is 0.692. The summed E-state index contributed by atoms with van der Waals surface area (Å²) >= 11 is 4.77. The lowest BCUT2D eigenvalue weighted by atomic mass is 10.1. The second-order valence-corrected chi connectivity index (χ2v) is 4.96. The normalized spacial score (nSPS) is 10.1. The van der Waals surface area contributed by atoms with E-state index in [1.165, 1.54) is 0 Å². The first-order chi connectivity index (χ1) is 9.52. The first kappa shape index (κ1) is 16.4. The molecule has 0 spiro atoms. The molecule has 6 heteroatoms. The zero-order valence-electron chi connectivity index (χ0n) is 11.5. The molecule has 0 saturated heterocycles. The average Bonchev–Trinajstić information content (AvgIpc) is 2.44. The number of benzene rings is 1. The van der Waals surface area contributed by atoms with Crippen LogP contribution in [0.5, 0.6) is 5.75 Å². The van der Waals surface area contributed by atoms with Crippen molar-refractivity contribution in [2.24, 2.45) is 5.73 Å². The van der Waals surface area contributed by atoms with Crippen LogP contribution >= 0.6 is 12.2 Å². The van der Waals surface area contributed by atoms with Crippen molar-refractivity contribution in [3.8, 4) is 5.75 Å². The number of likely N-dealkylation sites (N-methyl/N-ethyl adjacent to an activating group) is 1. The molecule has 0 radical (unpaired) electrons. The topological polar surface area (TPSA) is 75.8 Å². The summed E-state index contributed by atoms with van der Waals surface area (Å²) < 4.78 is 5.41. The van der Waals surface area contributed by atoms with Gasteiger partial charge in [0, 0.05) is 26.6 Å². The van der Waals surface area contributed by atoms with E-state index in [4.69, 9.17) is 27.8 Å². The van der Waals surface area contributed by atoms with Crippen molar-refractivity contribution < 1.29 is 14.6 Å². The minimum atomic E-state index is -0.124. The largest absolute Gasteiger partial charge is 0.484 e. The van der Waals surface area contributed by atoms with Gasteiger partial charge in [0.05, 0.1) is 4.99 Å². The average molecular weight is 296 g/mol. The van der Waals surface area contributed by atoms with Gasteiger partial charge in [0.15, 0.2) is 6.61 Å². The maximum atomic E-state index is 11.8. The number of carbonyl (C=O) groups is 1. The van der Waals surface area contributed by atoms with Crippen molar-refractivity contribution in [1.29, 1.82) is 0 Å². The molecule has 0 bridgehead atoms. The van der Waals surface area contributed by atoms with E-state index in [9.17, 15) is 4.79 Å². The summed E-state index contributed by atoms with van der Waals surface area (Å²) in [6, 6.07) is 7.31. The molecule has 1 amide bonds. The van der Waals surface area contributed by atoms with Gasteiger partial charge in [-0.2, -0.15) is 0 Å². The van der Waals surface area contributed by atoms with E-state index in [1.54, 1.807) is 24.1 Å². The highest BCUT2D eigenvalue weighted by Gasteiger charge is 2.09. The fourth-order valence-corrected chi connectivity index (χ4v) is 1.63. The second kappa shape index (κ2) is 8.50. The molecule has 20 heavy (non-hydrogen) atoms. The van der Waals surface area contributed by atoms with Crippen molar-refractivity contribution in [3.05, 3.63) is 29.8 Å². The monoisotopic (exact) mass is 296 g/mol. The Labute approximate surface area is 124 Å². The summed E-state index contributed by atoms with van der Waals surface area (Å²) in [5, 5.41) is 8.82. The molecule has 0 aliphatic rings. The Bertz CT molecular complexity index is 448. The highest BCUT2D eigenvalue weighted by atomic mass is 32.1. The number of hydrogen-bond donors (Lipinski definition) is 2. The lowest BCUT2D eigenvalue weighted by Crippen LogP contribution is -2.33. The first-order valence-corrected chi connectivity index (χ1v) is 6.78. The van der Waals surface area contributed by atoms with E-state index in [2.05, 4.69) is 0 Å². The number of carbonyl (C=O) groups excluding carboxylic acids is 1. The number of rotatable bonds is 8. The number of amides is 1. The van der Waals surface area contributed by atoms with Gasteiger partial charge in [-0.25, -0.2) is 0 Å². The molecule has 1 aromatic carbocycles. The predicted molar refractivity (Wildman–Crippen MR) is 81.8 cm³/mol. The summed E-state index contributed by atoms with van der Waals surface area (Å²) in [5.41, 5.74) is 6.42. The molecular weight excluding hydrogens is 276 g/mol. The van der Waals surface area contributed by atoms with Crippen molar-refractivity contribution >= 4 is 23.1 Å². The Hall–Kier alpha value is -1.66. The van der Waals surface area contributed by atoms with Crippen LogP contribution in [0.15, 0.2) is 24.3 Å². The molecule has 0 unspecified atom stereocenters. The van der Waals surface area contributed by atoms with Crippen LogP contribution in [0.2, 0.25) is 0 Å². The lowest BCUT2D eigenvalue weighted by Gasteiger charge is -2.17. The minimum Gasteiger partial charge on any atom is -0.484 e. The van der Waals surface area contributed by atoms with E-state index in [0.717, 1.165) is 5.56 Å². The number of hydrogen-bond acceptors (Lipinski definition) is 4. The zero-order chi connectivity index (χ0) is 15.0. The zero-order valence-corrected chi connectivity index (χ0v) is 12.4. The first-order valence-electron chi connectivity index (χ1n) is 6.38. The summed E-state index contributed by atoms with van der Waals surface area (Å²) in [7, 11) is 1.69. The van der Waals surface area contributed by atoms with E-state index >= 15 is 0 Å². The Kier molecular flexibility index (Phi) is 6.97. The molecule has 0 heterocycles. The second-order valence-electron chi connectivity index (χ2n) is 4.44. The summed E-state index contributed by atoms with van der Waals surface area (Å²) in [6.45, 7) is 0.590. The molecule has 1 aromatic rings. The van der Waals surface area contributed by atoms with Gasteiger partial charge in [-0.1, -0.05) is 24.4 Å². The lowest BCUT2D eigenvalue weighted by molar-refractivity contribution is -0.131. The van der Waals surface area contributed by atoms with Gasteiger partial charge >= 0.3 is 0 Å². The molecular formula is C14H20N2O3S. The number of aliphatic hydroxyl groups is 1. The van der Waals surface area contributed by atoms with Gasteiger partial charge < -0.3 is 20.5 Å². The summed E-state index contributed by atoms with van der Waals surface area (Å²) in [4.78, 5) is 13.7. The van der Waals surface area contributed by atoms with Crippen LogP contribution in [-0.2, 0) is 11.2 Å². The van der Waals surface area contributed by atoms with Crippen LogP contribution in [0.1, 0.15) is 12.0 Å². The smallest absolute Gasteiger partial charge is 0.260 e. The van der Waals surface area contributed by atoms with Gasteiger partial charge in [0.25, 0.3) is 5.91 Å². The third-order valence-corrected chi connectivity index (χ3v) is 3.01. The van der Waals surface area contributed by atoms with E-state index in [-0.39, 0.29) is 19.1 Å². The van der Waals surface area contributed by atoms with Crippen molar-refractivity contribution in [2.75, 3.05) is 26.8 Å². The van der Waals surface area contributed by atoms with E-state index in [1.807, 2.05) is 12.1 Å². The molecule has 3 N–H and O–H groups in total. The third kappa shape index (κ3) is 5.99. The van der Waals surface area contributed by atoms with Gasteiger partial charge in [0.1, 0.15) is 5.75 Å². The number of aliphatic hydroxyl groups excluding tert-OH is 1. The standard InChI is InChI=1S/C14H20N2O3S/c1-16(8-6-13(15)20)14(18)10-19-12-4-2-11(3-5-12)7-9-17/h2-5,17H,6-10H2,1H3,(H2,15,20). The molecule has 0 fully saturated rings. The van der Waals surface area contributed by atoms with E-state index < -0.39 is 0 Å². The third-order valence-electron chi connectivity index (χ3n) is 2.81. The molecule has 0 atom stereocenters. The Morgan fingerprint density at radius 3 is 2.60 bits per heavy atom. The van der Waals surface area contributed by atoms with Crippen LogP contribution < -0.4 is 10.5 Å². The number of ether oxygens (including phenoxy) is 1. The fourth-order valence-electron chi connectivity index (χ4n) is 1.54. The van der Waals surface area contributed by atoms with Gasteiger partial charge in [-0.15, -0.1) is 0 Å². The van der Waals surface area contributed by atoms with Crippen molar-refractivity contribution in [2.45, 2.75) is 12.8 Å². The van der Waals surface area contributed by atoms with Crippen LogP contribution in [0, 0.1) is 0 Å². The number of nitrogens with zero attached hydrogens (tertiary/aromatic N) is 1. The molecule has 1 rings (SSSR count). The minimum absolute atomic E-state index is 0.0207. The highest BCUT2D eigenvalue weighted by molar-refractivity contribution is 7.80. The summed E-state index contributed by atoms with van der Waals surface area (Å²) in [6.07, 6.45) is 1.12. The van der Waals surface area contributed by atoms with Gasteiger partial charge in [-0.3, -0.25) is 4.79 Å². The molecule has 0 aromatic heterocycles. The van der Waals surface area contributed by atoms with Gasteiger partial charge in [0.2, 0.25) is 0 Å². The Morgan fingerprint density at radius 1 is 1.40 bits per heavy atom. The van der Waals surface area contributed by atoms with Gasteiger partial charge in [-0.05, 0) is 24.1 Å². The highest BCUT2D eigenvalue weighted by Crippen LogP contribution is 2.12. The number of nitrogens with two attached hydrogens (primary N) is 1. The van der Waals surface area contributed by atoms with Crippen LogP contribution in [0.25, 0.3) is 0 Å². The molecule has 110 valence electrons. The van der Waals surface area contributed by atoms with Crippen LogP contribution in [0.3, 0.4) is 0 Å². The Balaban J connectivity index is 2.38. The van der Waals surface area contributed by atoms with Crippen molar-refractivity contribution in [3.63, 3.8) is 0 Å². The van der Waals surface area contributed by atoms with Crippen LogP contribution in [0.4, 0.5) is 0 Å². The molecule has 0 saturated carbocycles. The molecule has 0 aliphatic carbocycles. The summed E-state index contributed by atoms with van der Waals surface area (Å²) in [5.74, 6) is 0.503. The Morgan fingerprint density at radius 2 is 2.05 bits per heavy atom. The maximum Gasteiger partial charge on any atom is 0.260 e.